The van der Waals surface area contributed by atoms with Crippen LogP contribution in [0.5, 0.6) is 0 Å². The standard InChI is InChI=1S/C14H21NO3.C3H6.C2H4.CH5N/c1-2-9-17-11-12-18-10-8-15-14(16)13-6-4-3-5-7-13;1-3-2;2*1-2/h3-7H,2,8-12H2,1H3,(H,15,16);3H,1H2,2H3;1-2H2;2H2,1H3. The normalized spacial score (nSPS) is 8.32. The fraction of sp³-hybridized carbons (Fsp3) is 0.450. The highest BCUT2D eigenvalue weighted by Crippen LogP contribution is 1.97. The van der Waals surface area contributed by atoms with Crippen molar-refractivity contribution >= 4 is 5.91 Å². The molecule has 0 aromatic heterocycles. The first-order chi connectivity index (χ1) is 12.3. The van der Waals surface area contributed by atoms with Crippen LogP contribution in [0.1, 0.15) is 30.6 Å². The number of hydrogen-bond acceptors (Lipinski definition) is 4. The summed E-state index contributed by atoms with van der Waals surface area (Å²) in [4.78, 5) is 11.6. The molecule has 1 amide bonds. The van der Waals surface area contributed by atoms with E-state index in [1.54, 1.807) is 18.2 Å². The Morgan fingerprint density at radius 3 is 2.04 bits per heavy atom. The van der Waals surface area contributed by atoms with Crippen molar-refractivity contribution < 1.29 is 14.3 Å². The maximum absolute atomic E-state index is 11.6. The minimum Gasteiger partial charge on any atom is -0.379 e. The van der Waals surface area contributed by atoms with Crippen molar-refractivity contribution in [3.63, 3.8) is 0 Å². The molecule has 0 spiro atoms. The van der Waals surface area contributed by atoms with Crippen molar-refractivity contribution in [2.75, 3.05) is 40.0 Å². The highest BCUT2D eigenvalue weighted by atomic mass is 16.5. The summed E-state index contributed by atoms with van der Waals surface area (Å²) >= 11 is 0. The molecule has 0 fully saturated rings. The Morgan fingerprint density at radius 2 is 1.56 bits per heavy atom. The van der Waals surface area contributed by atoms with Crippen LogP contribution in [0.2, 0.25) is 0 Å². The average Bonchev–Trinajstić information content (AvgIpc) is 2.68. The molecule has 0 atom stereocenters. The maximum atomic E-state index is 11.6. The lowest BCUT2D eigenvalue weighted by molar-refractivity contribution is 0.0485. The number of hydrogen-bond donors (Lipinski definition) is 2. The monoisotopic (exact) mass is 352 g/mol. The second-order valence-electron chi connectivity index (χ2n) is 4.25. The molecule has 5 nitrogen and oxygen atoms in total. The molecular formula is C20H36N2O3. The maximum Gasteiger partial charge on any atom is 0.251 e. The van der Waals surface area contributed by atoms with E-state index in [1.807, 2.05) is 25.1 Å². The minimum absolute atomic E-state index is 0.0681. The van der Waals surface area contributed by atoms with Crippen LogP contribution in [0, 0.1) is 0 Å². The van der Waals surface area contributed by atoms with Gasteiger partial charge in [-0.3, -0.25) is 4.79 Å². The summed E-state index contributed by atoms with van der Waals surface area (Å²) in [7, 11) is 1.50. The van der Waals surface area contributed by atoms with Crippen LogP contribution in [0.4, 0.5) is 0 Å². The third kappa shape index (κ3) is 22.1. The number of rotatable bonds is 9. The highest BCUT2D eigenvalue weighted by molar-refractivity contribution is 5.94. The Bertz CT molecular complexity index is 384. The molecule has 144 valence electrons. The molecule has 0 aliphatic carbocycles. The molecule has 1 rings (SSSR count). The highest BCUT2D eigenvalue weighted by Gasteiger charge is 2.02. The number of benzene rings is 1. The minimum atomic E-state index is -0.0681. The summed E-state index contributed by atoms with van der Waals surface area (Å²) in [6.07, 6.45) is 2.77. The lowest BCUT2D eigenvalue weighted by atomic mass is 10.2. The molecular weight excluding hydrogens is 316 g/mol. The van der Waals surface area contributed by atoms with Gasteiger partial charge in [0.1, 0.15) is 0 Å². The Balaban J connectivity index is -0.000000605. The Morgan fingerprint density at radius 1 is 1.08 bits per heavy atom. The number of ether oxygens (including phenoxy) is 2. The zero-order valence-electron chi connectivity index (χ0n) is 16.1. The SMILES string of the molecule is C=C.C=CC.CCCOCCOCCNC(=O)c1ccccc1.CN. The van der Waals surface area contributed by atoms with Crippen molar-refractivity contribution in [3.8, 4) is 0 Å². The van der Waals surface area contributed by atoms with Gasteiger partial charge in [0.2, 0.25) is 0 Å². The van der Waals surface area contributed by atoms with E-state index in [1.165, 1.54) is 7.05 Å². The van der Waals surface area contributed by atoms with Crippen LogP contribution in [0.3, 0.4) is 0 Å². The molecule has 1 aromatic carbocycles. The Kier molecular flexibility index (Phi) is 30.0. The van der Waals surface area contributed by atoms with E-state index in [0.29, 0.717) is 31.9 Å². The molecule has 3 N–H and O–H groups in total. The summed E-state index contributed by atoms with van der Waals surface area (Å²) < 4.78 is 10.6. The quantitative estimate of drug-likeness (QED) is 0.527. The Hall–Kier alpha value is -1.95. The molecule has 0 aliphatic heterocycles. The number of nitrogens with two attached hydrogens (primary N) is 1. The van der Waals surface area contributed by atoms with Crippen LogP contribution in [0.25, 0.3) is 0 Å². The second kappa shape index (κ2) is 26.9. The fourth-order valence-electron chi connectivity index (χ4n) is 1.39. The van der Waals surface area contributed by atoms with E-state index in [-0.39, 0.29) is 5.91 Å². The van der Waals surface area contributed by atoms with Crippen molar-refractivity contribution in [2.45, 2.75) is 20.3 Å². The van der Waals surface area contributed by atoms with Gasteiger partial charge in [-0.1, -0.05) is 31.2 Å². The predicted molar refractivity (Wildman–Crippen MR) is 108 cm³/mol. The second-order valence-corrected chi connectivity index (χ2v) is 4.25. The summed E-state index contributed by atoms with van der Waals surface area (Å²) in [6.45, 7) is 16.3. The molecule has 5 heteroatoms. The van der Waals surface area contributed by atoms with E-state index in [9.17, 15) is 4.79 Å². The number of amides is 1. The van der Waals surface area contributed by atoms with E-state index >= 15 is 0 Å². The van der Waals surface area contributed by atoms with Crippen LogP contribution < -0.4 is 11.1 Å². The average molecular weight is 353 g/mol. The van der Waals surface area contributed by atoms with E-state index in [4.69, 9.17) is 9.47 Å². The first-order valence-corrected chi connectivity index (χ1v) is 8.39. The fourth-order valence-corrected chi connectivity index (χ4v) is 1.39. The van der Waals surface area contributed by atoms with Crippen molar-refractivity contribution in [2.24, 2.45) is 5.73 Å². The lowest BCUT2D eigenvalue weighted by Crippen LogP contribution is -2.27. The van der Waals surface area contributed by atoms with Crippen molar-refractivity contribution in [1.82, 2.24) is 5.32 Å². The van der Waals surface area contributed by atoms with E-state index < -0.39 is 0 Å². The van der Waals surface area contributed by atoms with Crippen molar-refractivity contribution in [3.05, 3.63) is 61.7 Å². The Labute approximate surface area is 153 Å². The molecule has 0 heterocycles. The largest absolute Gasteiger partial charge is 0.379 e. The van der Waals surface area contributed by atoms with Gasteiger partial charge in [0.15, 0.2) is 0 Å². The van der Waals surface area contributed by atoms with Gasteiger partial charge < -0.3 is 20.5 Å². The van der Waals surface area contributed by atoms with Gasteiger partial charge in [0, 0.05) is 18.7 Å². The molecule has 0 saturated heterocycles. The zero-order valence-corrected chi connectivity index (χ0v) is 16.1. The first-order valence-electron chi connectivity index (χ1n) is 8.39. The molecule has 1 aromatic rings. The molecule has 0 unspecified atom stereocenters. The van der Waals surface area contributed by atoms with Crippen LogP contribution in [-0.4, -0.2) is 45.9 Å². The summed E-state index contributed by atoms with van der Waals surface area (Å²) in [5, 5.41) is 2.80. The molecule has 0 aliphatic rings. The van der Waals surface area contributed by atoms with Crippen LogP contribution in [0.15, 0.2) is 56.1 Å². The topological polar surface area (TPSA) is 73.6 Å². The number of allylic oxidation sites excluding steroid dienone is 1. The predicted octanol–water partition coefficient (Wildman–Crippen LogP) is 3.43. The van der Waals surface area contributed by atoms with Gasteiger partial charge in [0.25, 0.3) is 5.91 Å². The number of nitrogens with one attached hydrogen (secondary N) is 1. The summed E-state index contributed by atoms with van der Waals surface area (Å²) in [5.74, 6) is -0.0681. The molecule has 0 saturated carbocycles. The third-order valence-electron chi connectivity index (χ3n) is 2.29. The lowest BCUT2D eigenvalue weighted by Gasteiger charge is -2.06. The first kappa shape index (κ1) is 27.9. The van der Waals surface area contributed by atoms with Gasteiger partial charge in [0.05, 0.1) is 19.8 Å². The van der Waals surface area contributed by atoms with Crippen molar-refractivity contribution in [1.29, 1.82) is 0 Å². The molecule has 0 bridgehead atoms. The zero-order chi connectivity index (χ0) is 19.8. The van der Waals surface area contributed by atoms with Crippen LogP contribution in [-0.2, 0) is 9.47 Å². The van der Waals surface area contributed by atoms with Gasteiger partial charge in [-0.2, -0.15) is 0 Å². The van der Waals surface area contributed by atoms with E-state index in [2.05, 4.69) is 37.7 Å². The number of carbonyl (C=O) groups excluding carboxylic acids is 1. The van der Waals surface area contributed by atoms with E-state index in [0.717, 1.165) is 13.0 Å². The van der Waals surface area contributed by atoms with Gasteiger partial charge in [-0.05, 0) is 32.5 Å². The molecule has 0 radical (unpaired) electrons. The smallest absolute Gasteiger partial charge is 0.251 e. The van der Waals surface area contributed by atoms with Gasteiger partial charge >= 0.3 is 0 Å². The van der Waals surface area contributed by atoms with Crippen LogP contribution >= 0.6 is 0 Å². The number of carbonyl (C=O) groups is 1. The summed E-state index contributed by atoms with van der Waals surface area (Å²) in [6, 6.07) is 9.15. The summed E-state index contributed by atoms with van der Waals surface area (Å²) in [5.41, 5.74) is 5.17. The van der Waals surface area contributed by atoms with Gasteiger partial charge in [-0.25, -0.2) is 0 Å². The third-order valence-corrected chi connectivity index (χ3v) is 2.29. The molecule has 25 heavy (non-hydrogen) atoms. The van der Waals surface area contributed by atoms with Gasteiger partial charge in [-0.15, -0.1) is 19.7 Å².